The molecule has 1 fully saturated rings. The second kappa shape index (κ2) is 28.6. The van der Waals surface area contributed by atoms with Crippen molar-refractivity contribution < 1.29 is 48.0 Å². The van der Waals surface area contributed by atoms with Crippen molar-refractivity contribution in [3.05, 3.63) is 0 Å². The number of aliphatic hydroxyl groups is 1. The number of unbranched alkanes of at least 4 members (excludes halogenated alkanes) is 16. The lowest BCUT2D eigenvalue weighted by atomic mass is 9.98. The summed E-state index contributed by atoms with van der Waals surface area (Å²) in [4.78, 5) is 51.7. The van der Waals surface area contributed by atoms with Crippen molar-refractivity contribution in [2.24, 2.45) is 0 Å². The van der Waals surface area contributed by atoms with Crippen LogP contribution in [0.5, 0.6) is 0 Å². The van der Waals surface area contributed by atoms with Crippen molar-refractivity contribution >= 4 is 23.9 Å². The van der Waals surface area contributed by atoms with Crippen molar-refractivity contribution in [2.75, 3.05) is 6.61 Å². The Hall–Kier alpha value is -2.20. The van der Waals surface area contributed by atoms with Gasteiger partial charge in [0.1, 0.15) is 12.7 Å². The average Bonchev–Trinajstić information content (AvgIpc) is 3.06. The van der Waals surface area contributed by atoms with Crippen LogP contribution in [0.3, 0.4) is 0 Å². The SMILES string of the molecule is CCCCCCCC(=O)OC[C@H]1O[C@H](O)[C@@H](OC(=O)CCCCCCC)[C@@H](OC(=O)CCCCCCC)[C@@H]1OC(=O)CCCCCCC. The van der Waals surface area contributed by atoms with Crippen LogP contribution >= 0.6 is 0 Å². The predicted octanol–water partition coefficient (Wildman–Crippen LogP) is 8.42. The molecule has 48 heavy (non-hydrogen) atoms. The molecule has 0 aromatic rings. The van der Waals surface area contributed by atoms with E-state index in [0.29, 0.717) is 25.7 Å². The molecule has 0 radical (unpaired) electrons. The zero-order valence-electron chi connectivity index (χ0n) is 30.7. The van der Waals surface area contributed by atoms with E-state index >= 15 is 0 Å². The first-order valence-corrected chi connectivity index (χ1v) is 19.3. The normalized spacial score (nSPS) is 20.6. The topological polar surface area (TPSA) is 135 Å². The van der Waals surface area contributed by atoms with Gasteiger partial charge in [0.05, 0.1) is 0 Å². The minimum Gasteiger partial charge on any atom is -0.463 e. The van der Waals surface area contributed by atoms with Crippen molar-refractivity contribution in [3.63, 3.8) is 0 Å². The maximum Gasteiger partial charge on any atom is 0.306 e. The molecule has 1 aliphatic rings. The second-order valence-electron chi connectivity index (χ2n) is 13.3. The molecule has 0 aliphatic carbocycles. The van der Waals surface area contributed by atoms with Gasteiger partial charge in [-0.25, -0.2) is 0 Å². The van der Waals surface area contributed by atoms with Gasteiger partial charge in [0.2, 0.25) is 0 Å². The summed E-state index contributed by atoms with van der Waals surface area (Å²) in [6, 6.07) is 0. The molecular formula is C38H68O10. The third-order valence-electron chi connectivity index (χ3n) is 8.76. The molecule has 0 saturated carbocycles. The van der Waals surface area contributed by atoms with Crippen LogP contribution in [-0.4, -0.2) is 66.3 Å². The highest BCUT2D eigenvalue weighted by Gasteiger charge is 2.52. The van der Waals surface area contributed by atoms with Gasteiger partial charge in [0.25, 0.3) is 0 Å². The van der Waals surface area contributed by atoms with Crippen LogP contribution in [0.1, 0.15) is 182 Å². The third-order valence-corrected chi connectivity index (χ3v) is 8.76. The smallest absolute Gasteiger partial charge is 0.306 e. The maximum atomic E-state index is 13.1. The number of aliphatic hydroxyl groups excluding tert-OH is 1. The number of hydrogen-bond acceptors (Lipinski definition) is 10. The van der Waals surface area contributed by atoms with Crippen LogP contribution in [-0.2, 0) is 42.9 Å². The van der Waals surface area contributed by atoms with Crippen LogP contribution in [0, 0.1) is 0 Å². The quantitative estimate of drug-likeness (QED) is 0.0465. The lowest BCUT2D eigenvalue weighted by Crippen LogP contribution is -2.62. The van der Waals surface area contributed by atoms with E-state index < -0.39 is 54.6 Å². The molecule has 1 heterocycles. The molecule has 1 rings (SSSR count). The molecule has 1 aliphatic heterocycles. The van der Waals surface area contributed by atoms with Gasteiger partial charge in [0, 0.05) is 25.7 Å². The molecule has 1 saturated heterocycles. The van der Waals surface area contributed by atoms with E-state index in [1.165, 1.54) is 0 Å². The number of rotatable bonds is 29. The van der Waals surface area contributed by atoms with Crippen LogP contribution in [0.2, 0.25) is 0 Å². The van der Waals surface area contributed by atoms with Gasteiger partial charge in [-0.3, -0.25) is 19.2 Å². The van der Waals surface area contributed by atoms with Crippen molar-refractivity contribution in [1.82, 2.24) is 0 Å². The first kappa shape index (κ1) is 43.8. The zero-order valence-corrected chi connectivity index (χ0v) is 30.7. The molecule has 1 N–H and O–H groups in total. The van der Waals surface area contributed by atoms with E-state index in [2.05, 4.69) is 27.7 Å². The zero-order chi connectivity index (χ0) is 35.4. The highest BCUT2D eigenvalue weighted by atomic mass is 16.7. The summed E-state index contributed by atoms with van der Waals surface area (Å²) >= 11 is 0. The Morgan fingerprint density at radius 2 is 0.792 bits per heavy atom. The molecule has 0 aromatic carbocycles. The van der Waals surface area contributed by atoms with E-state index in [9.17, 15) is 24.3 Å². The Morgan fingerprint density at radius 1 is 0.458 bits per heavy atom. The molecule has 0 amide bonds. The minimum atomic E-state index is -1.68. The number of carbonyl (C=O) groups excluding carboxylic acids is 4. The fraction of sp³-hybridized carbons (Fsp3) is 0.895. The number of esters is 4. The summed E-state index contributed by atoms with van der Waals surface area (Å²) < 4.78 is 28.8. The van der Waals surface area contributed by atoms with Crippen molar-refractivity contribution in [3.8, 4) is 0 Å². The first-order chi connectivity index (χ1) is 23.3. The van der Waals surface area contributed by atoms with Crippen LogP contribution in [0.4, 0.5) is 0 Å². The predicted molar refractivity (Wildman–Crippen MR) is 185 cm³/mol. The molecule has 10 heteroatoms. The lowest BCUT2D eigenvalue weighted by Gasteiger charge is -2.43. The molecule has 5 atom stereocenters. The monoisotopic (exact) mass is 684 g/mol. The molecule has 10 nitrogen and oxygen atoms in total. The summed E-state index contributed by atoms with van der Waals surface area (Å²) in [5.74, 6) is -2.06. The first-order valence-electron chi connectivity index (χ1n) is 19.3. The van der Waals surface area contributed by atoms with Crippen molar-refractivity contribution in [2.45, 2.75) is 213 Å². The second-order valence-corrected chi connectivity index (χ2v) is 13.3. The molecule has 0 unspecified atom stereocenters. The summed E-state index contributed by atoms with van der Waals surface area (Å²) in [6.45, 7) is 8.16. The maximum absolute atomic E-state index is 13.1. The third kappa shape index (κ3) is 20.3. The van der Waals surface area contributed by atoms with E-state index in [0.717, 1.165) is 103 Å². The van der Waals surface area contributed by atoms with Crippen LogP contribution < -0.4 is 0 Å². The van der Waals surface area contributed by atoms with E-state index in [4.69, 9.17) is 23.7 Å². The van der Waals surface area contributed by atoms with Gasteiger partial charge in [0.15, 0.2) is 24.6 Å². The Kier molecular flexibility index (Phi) is 26.1. The van der Waals surface area contributed by atoms with Crippen LogP contribution in [0.25, 0.3) is 0 Å². The Morgan fingerprint density at radius 3 is 1.19 bits per heavy atom. The lowest BCUT2D eigenvalue weighted by molar-refractivity contribution is -0.297. The van der Waals surface area contributed by atoms with Gasteiger partial charge >= 0.3 is 23.9 Å². The molecule has 280 valence electrons. The van der Waals surface area contributed by atoms with E-state index in [1.54, 1.807) is 0 Å². The van der Waals surface area contributed by atoms with Gasteiger partial charge in [-0.2, -0.15) is 0 Å². The van der Waals surface area contributed by atoms with Gasteiger partial charge in [-0.1, -0.05) is 130 Å². The largest absolute Gasteiger partial charge is 0.463 e. The van der Waals surface area contributed by atoms with Crippen LogP contribution in [0.15, 0.2) is 0 Å². The summed E-state index contributed by atoms with van der Waals surface area (Å²) in [5, 5.41) is 11.1. The molecule has 0 aromatic heterocycles. The number of carbonyl (C=O) groups is 4. The van der Waals surface area contributed by atoms with Gasteiger partial charge in [-0.15, -0.1) is 0 Å². The van der Waals surface area contributed by atoms with E-state index in [1.807, 2.05) is 0 Å². The average molecular weight is 685 g/mol. The van der Waals surface area contributed by atoms with Crippen molar-refractivity contribution in [1.29, 1.82) is 0 Å². The fourth-order valence-corrected chi connectivity index (χ4v) is 5.80. The fourth-order valence-electron chi connectivity index (χ4n) is 5.80. The Labute approximate surface area is 290 Å². The molecular weight excluding hydrogens is 616 g/mol. The minimum absolute atomic E-state index is 0.130. The summed E-state index contributed by atoms with van der Waals surface area (Å²) in [7, 11) is 0. The number of ether oxygens (including phenoxy) is 5. The molecule has 0 spiro atoms. The van der Waals surface area contributed by atoms with E-state index in [-0.39, 0.29) is 32.3 Å². The Bertz CT molecular complexity index is 862. The van der Waals surface area contributed by atoms with Gasteiger partial charge in [-0.05, 0) is 25.7 Å². The standard InChI is InChI=1S/C38H68O10/c1-5-9-13-17-21-25-31(39)44-29-30-35(46-32(40)26-22-18-14-10-6-2)36(47-33(41)27-23-19-15-11-7-3)37(38(43)45-30)48-34(42)28-24-20-16-12-8-4/h30,35-38,43H,5-29H2,1-4H3/t30-,35-,36+,37+,38+/m1/s1. The Balaban J connectivity index is 3.12. The summed E-state index contributed by atoms with van der Waals surface area (Å²) in [6.07, 6.45) is 12.7. The highest BCUT2D eigenvalue weighted by Crippen LogP contribution is 2.30. The summed E-state index contributed by atoms with van der Waals surface area (Å²) in [5.41, 5.74) is 0. The molecule has 0 bridgehead atoms. The number of hydrogen-bond donors (Lipinski definition) is 1. The highest BCUT2D eigenvalue weighted by molar-refractivity contribution is 5.72. The van der Waals surface area contributed by atoms with Gasteiger partial charge < -0.3 is 28.8 Å².